The Hall–Kier alpha value is -1.62. The first-order chi connectivity index (χ1) is 9.08. The van der Waals surface area contributed by atoms with Gasteiger partial charge in [-0.2, -0.15) is 0 Å². The molecule has 0 aromatic heterocycles. The predicted octanol–water partition coefficient (Wildman–Crippen LogP) is 2.60. The van der Waals surface area contributed by atoms with Gasteiger partial charge in [0, 0.05) is 6.42 Å². The highest BCUT2D eigenvalue weighted by molar-refractivity contribution is 5.69. The molecule has 0 aliphatic heterocycles. The number of hydrogen-bond donors (Lipinski definition) is 1. The Labute approximate surface area is 112 Å². The van der Waals surface area contributed by atoms with Crippen molar-refractivity contribution in [3.05, 3.63) is 29.6 Å². The lowest BCUT2D eigenvalue weighted by atomic mass is 10.0. The number of benzene rings is 1. The van der Waals surface area contributed by atoms with Crippen LogP contribution >= 0.6 is 0 Å². The molecular weight excluding hydrogens is 251 g/mol. The Morgan fingerprint density at radius 1 is 1.47 bits per heavy atom. The maximum atomic E-state index is 13.4. The summed E-state index contributed by atoms with van der Waals surface area (Å²) in [5, 5.41) is 9.87. The number of hydrogen-bond acceptors (Lipinski definition) is 4. The van der Waals surface area contributed by atoms with Crippen LogP contribution in [0.5, 0.6) is 5.75 Å². The maximum absolute atomic E-state index is 13.4. The molecule has 0 saturated heterocycles. The summed E-state index contributed by atoms with van der Waals surface area (Å²) in [7, 11) is 1.37. The Balaban J connectivity index is 2.51. The molecular formula is C14H19FO4. The van der Waals surface area contributed by atoms with E-state index in [1.165, 1.54) is 19.2 Å². The monoisotopic (exact) mass is 270 g/mol. The van der Waals surface area contributed by atoms with Crippen molar-refractivity contribution in [3.8, 4) is 5.75 Å². The number of methoxy groups -OCH3 is 1. The zero-order valence-electron chi connectivity index (χ0n) is 11.2. The van der Waals surface area contributed by atoms with Crippen molar-refractivity contribution in [2.45, 2.75) is 32.3 Å². The van der Waals surface area contributed by atoms with E-state index < -0.39 is 11.9 Å². The van der Waals surface area contributed by atoms with Gasteiger partial charge in [-0.3, -0.25) is 4.79 Å². The van der Waals surface area contributed by atoms with Crippen LogP contribution in [0.1, 0.15) is 37.9 Å². The fraction of sp³-hybridized carbons (Fsp3) is 0.500. The molecule has 1 aromatic rings. The number of carbonyl (C=O) groups excluding carboxylic acids is 1. The number of carbonyl (C=O) groups is 1. The van der Waals surface area contributed by atoms with E-state index in [9.17, 15) is 14.3 Å². The molecule has 0 radical (unpaired) electrons. The third-order valence-electron chi connectivity index (χ3n) is 2.65. The lowest BCUT2D eigenvalue weighted by Crippen LogP contribution is -2.08. The molecule has 1 unspecified atom stereocenters. The Kier molecular flexibility index (Phi) is 6.29. The van der Waals surface area contributed by atoms with E-state index in [0.717, 1.165) is 6.42 Å². The molecule has 1 N–H and O–H groups in total. The minimum Gasteiger partial charge on any atom is -0.494 e. The average Bonchev–Trinajstić information content (AvgIpc) is 2.42. The fourth-order valence-corrected chi connectivity index (χ4v) is 1.60. The van der Waals surface area contributed by atoms with Gasteiger partial charge in [0.1, 0.15) is 0 Å². The molecule has 4 nitrogen and oxygen atoms in total. The first-order valence-electron chi connectivity index (χ1n) is 6.25. The van der Waals surface area contributed by atoms with E-state index in [4.69, 9.17) is 9.47 Å². The van der Waals surface area contributed by atoms with Gasteiger partial charge in [0.15, 0.2) is 11.6 Å². The van der Waals surface area contributed by atoms with Gasteiger partial charge >= 0.3 is 5.97 Å². The molecule has 106 valence electrons. The van der Waals surface area contributed by atoms with Gasteiger partial charge in [0.25, 0.3) is 0 Å². The first kappa shape index (κ1) is 15.4. The number of ether oxygens (including phenoxy) is 2. The van der Waals surface area contributed by atoms with E-state index in [1.807, 2.05) is 6.92 Å². The molecule has 1 rings (SSSR count). The van der Waals surface area contributed by atoms with Crippen LogP contribution in [0.15, 0.2) is 18.2 Å². The van der Waals surface area contributed by atoms with Gasteiger partial charge in [-0.15, -0.1) is 0 Å². The molecule has 1 atom stereocenters. The zero-order chi connectivity index (χ0) is 14.3. The van der Waals surface area contributed by atoms with Crippen molar-refractivity contribution in [2.75, 3.05) is 13.7 Å². The van der Waals surface area contributed by atoms with Gasteiger partial charge in [-0.05, 0) is 30.5 Å². The molecule has 0 heterocycles. The van der Waals surface area contributed by atoms with Crippen molar-refractivity contribution in [1.82, 2.24) is 0 Å². The van der Waals surface area contributed by atoms with Crippen molar-refractivity contribution < 1.29 is 23.8 Å². The summed E-state index contributed by atoms with van der Waals surface area (Å²) in [6, 6.07) is 4.23. The summed E-state index contributed by atoms with van der Waals surface area (Å²) >= 11 is 0. The first-order valence-corrected chi connectivity index (χ1v) is 6.25. The Bertz CT molecular complexity index is 420. The summed E-state index contributed by atoms with van der Waals surface area (Å²) < 4.78 is 23.1. The molecule has 1 aromatic carbocycles. The molecule has 0 spiro atoms. The van der Waals surface area contributed by atoms with Crippen molar-refractivity contribution in [2.24, 2.45) is 0 Å². The number of esters is 1. The summed E-state index contributed by atoms with van der Waals surface area (Å²) in [6.07, 6.45) is 0.177. The van der Waals surface area contributed by atoms with Gasteiger partial charge in [-0.1, -0.05) is 13.0 Å². The highest BCUT2D eigenvalue weighted by atomic mass is 19.1. The summed E-state index contributed by atoms with van der Waals surface area (Å²) in [5.74, 6) is -0.763. The topological polar surface area (TPSA) is 55.8 Å². The van der Waals surface area contributed by atoms with Gasteiger partial charge in [-0.25, -0.2) is 4.39 Å². The van der Waals surface area contributed by atoms with Gasteiger partial charge < -0.3 is 14.6 Å². The summed E-state index contributed by atoms with van der Waals surface area (Å²) in [6.45, 7) is 2.29. The van der Waals surface area contributed by atoms with E-state index in [1.54, 1.807) is 6.07 Å². The zero-order valence-corrected chi connectivity index (χ0v) is 11.2. The number of rotatable bonds is 7. The number of halogens is 1. The summed E-state index contributed by atoms with van der Waals surface area (Å²) in [5.41, 5.74) is 0.418. The van der Waals surface area contributed by atoms with Gasteiger partial charge in [0.05, 0.1) is 19.8 Å². The standard InChI is InChI=1S/C14H19FO4/c1-3-8-19-14(17)7-5-12(16)10-4-6-13(18-2)11(15)9-10/h4,6,9,12,16H,3,5,7-8H2,1-2H3. The highest BCUT2D eigenvalue weighted by Gasteiger charge is 2.13. The van der Waals surface area contributed by atoms with Crippen LogP contribution in [0, 0.1) is 5.82 Å². The Morgan fingerprint density at radius 3 is 2.79 bits per heavy atom. The molecule has 0 aliphatic carbocycles. The second-order valence-electron chi connectivity index (χ2n) is 4.17. The third kappa shape index (κ3) is 4.87. The predicted molar refractivity (Wildman–Crippen MR) is 68.4 cm³/mol. The minimum atomic E-state index is -0.894. The van der Waals surface area contributed by atoms with Crippen LogP contribution in [0.25, 0.3) is 0 Å². The lowest BCUT2D eigenvalue weighted by molar-refractivity contribution is -0.144. The van der Waals surface area contributed by atoms with Crippen molar-refractivity contribution in [1.29, 1.82) is 0 Å². The smallest absolute Gasteiger partial charge is 0.305 e. The molecule has 0 bridgehead atoms. The van der Waals surface area contributed by atoms with Crippen LogP contribution in [-0.4, -0.2) is 24.8 Å². The quantitative estimate of drug-likeness (QED) is 0.774. The van der Waals surface area contributed by atoms with E-state index in [-0.39, 0.29) is 24.6 Å². The van der Waals surface area contributed by atoms with Gasteiger partial charge in [0.2, 0.25) is 0 Å². The van der Waals surface area contributed by atoms with Crippen LogP contribution in [0.3, 0.4) is 0 Å². The fourth-order valence-electron chi connectivity index (χ4n) is 1.60. The van der Waals surface area contributed by atoms with E-state index in [0.29, 0.717) is 12.2 Å². The molecule has 5 heteroatoms. The van der Waals surface area contributed by atoms with Crippen LogP contribution < -0.4 is 4.74 Å². The maximum Gasteiger partial charge on any atom is 0.305 e. The second kappa shape index (κ2) is 7.74. The molecule has 0 aliphatic rings. The third-order valence-corrected chi connectivity index (χ3v) is 2.65. The SMILES string of the molecule is CCCOC(=O)CCC(O)c1ccc(OC)c(F)c1. The normalized spacial score (nSPS) is 12.0. The number of aliphatic hydroxyl groups is 1. The molecule has 0 amide bonds. The number of aliphatic hydroxyl groups excluding tert-OH is 1. The van der Waals surface area contributed by atoms with Crippen molar-refractivity contribution >= 4 is 5.97 Å². The van der Waals surface area contributed by atoms with E-state index in [2.05, 4.69) is 0 Å². The van der Waals surface area contributed by atoms with Crippen molar-refractivity contribution in [3.63, 3.8) is 0 Å². The van der Waals surface area contributed by atoms with E-state index >= 15 is 0 Å². The second-order valence-corrected chi connectivity index (χ2v) is 4.17. The van der Waals surface area contributed by atoms with Crippen LogP contribution in [0.4, 0.5) is 4.39 Å². The lowest BCUT2D eigenvalue weighted by Gasteiger charge is -2.12. The average molecular weight is 270 g/mol. The molecule has 0 fully saturated rings. The van der Waals surface area contributed by atoms with Crippen LogP contribution in [-0.2, 0) is 9.53 Å². The largest absolute Gasteiger partial charge is 0.494 e. The molecule has 0 saturated carbocycles. The van der Waals surface area contributed by atoms with Crippen LogP contribution in [0.2, 0.25) is 0 Å². The molecule has 19 heavy (non-hydrogen) atoms. The highest BCUT2D eigenvalue weighted by Crippen LogP contribution is 2.24. The Morgan fingerprint density at radius 2 is 2.21 bits per heavy atom. The summed E-state index contributed by atoms with van der Waals surface area (Å²) in [4.78, 5) is 11.3. The minimum absolute atomic E-state index is 0.106.